The molecule has 0 aromatic heterocycles. The number of nitrogens with two attached hydrogens (primary N) is 1. The monoisotopic (exact) mass is 443 g/mol. The zero-order chi connectivity index (χ0) is 23.6. The summed E-state index contributed by atoms with van der Waals surface area (Å²) in [6.45, 7) is 0. The number of nitrogens with zero attached hydrogens (tertiary/aromatic N) is 1. The number of nitrogens with one attached hydrogen (secondary N) is 3. The van der Waals surface area contributed by atoms with E-state index in [2.05, 4.69) is 21.1 Å². The topological polar surface area (TPSA) is 146 Å². The molecule has 9 heteroatoms. The van der Waals surface area contributed by atoms with Crippen LogP contribution in [0.15, 0.2) is 89.7 Å². The predicted molar refractivity (Wildman–Crippen MR) is 127 cm³/mol. The van der Waals surface area contributed by atoms with E-state index in [9.17, 15) is 19.5 Å². The molecule has 166 valence electrons. The van der Waals surface area contributed by atoms with Crippen molar-refractivity contribution in [3.63, 3.8) is 0 Å². The number of hydrazone groups is 1. The van der Waals surface area contributed by atoms with Crippen molar-refractivity contribution >= 4 is 41.6 Å². The predicted octanol–water partition coefficient (Wildman–Crippen LogP) is 3.11. The Balaban J connectivity index is 1.69. The number of carboxylic acids is 1. The van der Waals surface area contributed by atoms with Gasteiger partial charge in [0.05, 0.1) is 0 Å². The Labute approximate surface area is 189 Å². The van der Waals surface area contributed by atoms with E-state index in [1.54, 1.807) is 78.9 Å². The molecule has 6 N–H and O–H groups in total. The molecule has 0 unspecified atom stereocenters. The maximum absolute atomic E-state index is 12.5. The molecule has 0 aliphatic heterocycles. The lowest BCUT2D eigenvalue weighted by Crippen LogP contribution is -2.27. The quantitative estimate of drug-likeness (QED) is 0.119. The van der Waals surface area contributed by atoms with E-state index in [4.69, 9.17) is 5.84 Å². The first kappa shape index (κ1) is 22.8. The Bertz CT molecular complexity index is 1210. The van der Waals surface area contributed by atoms with Gasteiger partial charge in [0.1, 0.15) is 12.0 Å². The number of carbonyl (C=O) groups excluding carboxylic acids is 2. The first-order chi connectivity index (χ1) is 16.0. The highest BCUT2D eigenvalue weighted by molar-refractivity contribution is 6.05. The number of carboxylic acid groups (broad SMARTS) is 1. The van der Waals surface area contributed by atoms with Crippen LogP contribution in [-0.4, -0.2) is 29.2 Å². The Morgan fingerprint density at radius 1 is 0.818 bits per heavy atom. The standard InChI is InChI=1S/C24H21N5O4/c25-27-15-26-20-8-4-7-18(14-20)23(31)28-19-11-9-16(10-12-19)13-21(24(32)33)29-22(30)17-5-2-1-3-6-17/h1-15H,25H2,(H,26,27)(H,28,31)(H,29,30)(H,32,33). The highest BCUT2D eigenvalue weighted by atomic mass is 16.4. The van der Waals surface area contributed by atoms with Gasteiger partial charge in [0.15, 0.2) is 0 Å². The molecule has 0 fully saturated rings. The third-order valence-corrected chi connectivity index (χ3v) is 4.42. The van der Waals surface area contributed by atoms with Crippen molar-refractivity contribution in [2.24, 2.45) is 10.9 Å². The largest absolute Gasteiger partial charge is 0.477 e. The summed E-state index contributed by atoms with van der Waals surface area (Å²) in [6, 6.07) is 21.6. The molecule has 0 bridgehead atoms. The summed E-state index contributed by atoms with van der Waals surface area (Å²) < 4.78 is 0. The van der Waals surface area contributed by atoms with Crippen LogP contribution in [0.2, 0.25) is 0 Å². The zero-order valence-electron chi connectivity index (χ0n) is 17.4. The van der Waals surface area contributed by atoms with E-state index >= 15 is 0 Å². The molecule has 9 nitrogen and oxygen atoms in total. The average Bonchev–Trinajstić information content (AvgIpc) is 2.84. The fourth-order valence-corrected chi connectivity index (χ4v) is 2.83. The van der Waals surface area contributed by atoms with Gasteiger partial charge in [-0.05, 0) is 54.1 Å². The summed E-state index contributed by atoms with van der Waals surface area (Å²) in [5, 5.41) is 20.8. The smallest absolute Gasteiger partial charge is 0.352 e. The molecule has 3 rings (SSSR count). The molecular formula is C24H21N5O4. The van der Waals surface area contributed by atoms with Crippen LogP contribution in [0.5, 0.6) is 0 Å². The summed E-state index contributed by atoms with van der Waals surface area (Å²) >= 11 is 0. The lowest BCUT2D eigenvalue weighted by Gasteiger charge is -2.08. The van der Waals surface area contributed by atoms with Crippen molar-refractivity contribution in [2.45, 2.75) is 0 Å². The number of amides is 2. The van der Waals surface area contributed by atoms with Gasteiger partial charge in [0.2, 0.25) is 0 Å². The number of rotatable bonds is 8. The normalized spacial score (nSPS) is 11.1. The van der Waals surface area contributed by atoms with Gasteiger partial charge in [-0.1, -0.05) is 36.4 Å². The Morgan fingerprint density at radius 2 is 1.52 bits per heavy atom. The van der Waals surface area contributed by atoms with Crippen molar-refractivity contribution in [1.29, 1.82) is 0 Å². The molecule has 0 atom stereocenters. The van der Waals surface area contributed by atoms with Crippen LogP contribution in [-0.2, 0) is 4.79 Å². The number of hydrogen-bond donors (Lipinski definition) is 5. The van der Waals surface area contributed by atoms with Crippen molar-refractivity contribution in [2.75, 3.05) is 10.6 Å². The third-order valence-electron chi connectivity index (χ3n) is 4.42. The summed E-state index contributed by atoms with van der Waals surface area (Å²) in [5.74, 6) is 2.93. The number of benzene rings is 3. The van der Waals surface area contributed by atoms with E-state index in [0.29, 0.717) is 28.1 Å². The first-order valence-electron chi connectivity index (χ1n) is 9.77. The van der Waals surface area contributed by atoms with Gasteiger partial charge in [0, 0.05) is 22.5 Å². The molecule has 2 amide bonds. The van der Waals surface area contributed by atoms with Crippen LogP contribution in [0.3, 0.4) is 0 Å². The molecule has 0 aliphatic carbocycles. The summed E-state index contributed by atoms with van der Waals surface area (Å²) in [4.78, 5) is 36.3. The van der Waals surface area contributed by atoms with E-state index in [-0.39, 0.29) is 11.6 Å². The van der Waals surface area contributed by atoms with E-state index < -0.39 is 11.9 Å². The molecule has 33 heavy (non-hydrogen) atoms. The summed E-state index contributed by atoms with van der Waals surface area (Å²) in [5.41, 5.74) is 2.20. The minimum absolute atomic E-state index is 0.272. The van der Waals surface area contributed by atoms with Crippen LogP contribution < -0.4 is 21.8 Å². The minimum Gasteiger partial charge on any atom is -0.477 e. The van der Waals surface area contributed by atoms with Crippen LogP contribution in [0.25, 0.3) is 6.08 Å². The lowest BCUT2D eigenvalue weighted by atomic mass is 10.1. The van der Waals surface area contributed by atoms with Gasteiger partial charge < -0.3 is 26.9 Å². The van der Waals surface area contributed by atoms with Crippen molar-refractivity contribution in [3.05, 3.63) is 101 Å². The van der Waals surface area contributed by atoms with Crippen molar-refractivity contribution in [1.82, 2.24) is 5.32 Å². The number of carbonyl (C=O) groups is 3. The van der Waals surface area contributed by atoms with E-state index in [1.807, 2.05) is 0 Å². The number of aliphatic carboxylic acids is 1. The second-order valence-electron chi connectivity index (χ2n) is 6.76. The average molecular weight is 443 g/mol. The van der Waals surface area contributed by atoms with Gasteiger partial charge >= 0.3 is 5.97 Å². The van der Waals surface area contributed by atoms with E-state index in [0.717, 1.165) is 0 Å². The number of anilines is 2. The molecular weight excluding hydrogens is 422 g/mol. The van der Waals surface area contributed by atoms with Crippen LogP contribution in [0.1, 0.15) is 26.3 Å². The molecule has 0 saturated carbocycles. The van der Waals surface area contributed by atoms with Gasteiger partial charge in [-0.2, -0.15) is 5.10 Å². The zero-order valence-corrected chi connectivity index (χ0v) is 17.4. The third kappa shape index (κ3) is 6.53. The second-order valence-corrected chi connectivity index (χ2v) is 6.76. The summed E-state index contributed by atoms with van der Waals surface area (Å²) in [7, 11) is 0. The van der Waals surface area contributed by atoms with Gasteiger partial charge in [0.25, 0.3) is 11.8 Å². The Hall–Kier alpha value is -4.92. The summed E-state index contributed by atoms with van der Waals surface area (Å²) in [6.07, 6.45) is 2.64. The first-order valence-corrected chi connectivity index (χ1v) is 9.77. The molecule has 0 aliphatic rings. The SMILES string of the molecule is NN=CNc1cccc(C(=O)Nc2ccc(C=C(NC(=O)c3ccccc3)C(=O)O)cc2)c1. The number of hydrogen-bond acceptors (Lipinski definition) is 5. The highest BCUT2D eigenvalue weighted by Gasteiger charge is 2.13. The van der Waals surface area contributed by atoms with Crippen molar-refractivity contribution in [3.8, 4) is 0 Å². The molecule has 0 heterocycles. The fourth-order valence-electron chi connectivity index (χ4n) is 2.83. The lowest BCUT2D eigenvalue weighted by molar-refractivity contribution is -0.132. The molecule has 0 saturated heterocycles. The van der Waals surface area contributed by atoms with Crippen LogP contribution >= 0.6 is 0 Å². The molecule has 0 radical (unpaired) electrons. The molecule has 0 spiro atoms. The maximum atomic E-state index is 12.5. The minimum atomic E-state index is -1.27. The van der Waals surface area contributed by atoms with Gasteiger partial charge in [-0.3, -0.25) is 9.59 Å². The fraction of sp³-hybridized carbons (Fsp3) is 0. The Morgan fingerprint density at radius 3 is 2.18 bits per heavy atom. The molecule has 3 aromatic rings. The van der Waals surface area contributed by atoms with E-state index in [1.165, 1.54) is 12.4 Å². The maximum Gasteiger partial charge on any atom is 0.352 e. The Kier molecular flexibility index (Phi) is 7.53. The van der Waals surface area contributed by atoms with Crippen molar-refractivity contribution < 1.29 is 19.5 Å². The van der Waals surface area contributed by atoms with Gasteiger partial charge in [-0.15, -0.1) is 0 Å². The van der Waals surface area contributed by atoms with Crippen LogP contribution in [0, 0.1) is 0 Å². The van der Waals surface area contributed by atoms with Gasteiger partial charge in [-0.25, -0.2) is 4.79 Å². The van der Waals surface area contributed by atoms with Crippen LogP contribution in [0.4, 0.5) is 11.4 Å². The highest BCUT2D eigenvalue weighted by Crippen LogP contribution is 2.16. The molecule has 3 aromatic carbocycles. The second kappa shape index (κ2) is 10.9.